The van der Waals surface area contributed by atoms with Crippen molar-refractivity contribution in [3.8, 4) is 0 Å². The molecule has 1 heterocycles. The predicted molar refractivity (Wildman–Crippen MR) is 116 cm³/mol. The van der Waals surface area contributed by atoms with Gasteiger partial charge >= 0.3 is 29.8 Å². The van der Waals surface area contributed by atoms with Gasteiger partial charge in [0.1, 0.15) is 12.6 Å². The Balaban J connectivity index is 3.81. The molecule has 0 saturated carbocycles. The first-order chi connectivity index (χ1) is 16.8. The molecule has 0 bridgehead atoms. The summed E-state index contributed by atoms with van der Waals surface area (Å²) in [7, 11) is 1.06. The van der Waals surface area contributed by atoms with E-state index in [1.54, 1.807) is 6.92 Å². The van der Waals surface area contributed by atoms with E-state index in [0.717, 1.165) is 41.7 Å². The largest absolute Gasteiger partial charge is 0.490 e. The van der Waals surface area contributed by atoms with Crippen LogP contribution in [0.3, 0.4) is 0 Å². The Labute approximate surface area is 207 Å². The van der Waals surface area contributed by atoms with Crippen molar-refractivity contribution < 1.29 is 61.9 Å². The van der Waals surface area contributed by atoms with Gasteiger partial charge < -0.3 is 38.5 Å². The maximum Gasteiger partial charge on any atom is 0.377 e. The minimum absolute atomic E-state index is 0.00427. The molecule has 202 valence electrons. The minimum atomic E-state index is -1.58. The molecule has 0 aromatic carbocycles. The molecule has 0 unspecified atom stereocenters. The average Bonchev–Trinajstić information content (AvgIpc) is 2.76. The normalized spacial score (nSPS) is 20.6. The topological polar surface area (TPSA) is 179 Å². The van der Waals surface area contributed by atoms with Gasteiger partial charge in [-0.25, -0.2) is 4.79 Å². The van der Waals surface area contributed by atoms with Crippen molar-refractivity contribution in [2.45, 2.75) is 72.0 Å². The van der Waals surface area contributed by atoms with E-state index in [9.17, 15) is 28.8 Å². The molecule has 14 nitrogen and oxygen atoms in total. The lowest BCUT2D eigenvalue weighted by atomic mass is 9.92. The van der Waals surface area contributed by atoms with Crippen molar-refractivity contribution in [1.29, 1.82) is 0 Å². The molecule has 1 rings (SSSR count). The Morgan fingerprint density at radius 2 is 1.53 bits per heavy atom. The summed E-state index contributed by atoms with van der Waals surface area (Å²) in [5, 5.41) is 2.53. The third-order valence-electron chi connectivity index (χ3n) is 4.51. The van der Waals surface area contributed by atoms with Gasteiger partial charge in [-0.05, 0) is 6.92 Å². The van der Waals surface area contributed by atoms with Crippen LogP contribution in [0.2, 0.25) is 0 Å². The average molecular weight is 517 g/mol. The molecule has 5 atom stereocenters. The lowest BCUT2D eigenvalue weighted by Gasteiger charge is -2.42. The number of hydrogen-bond acceptors (Lipinski definition) is 13. The Kier molecular flexibility index (Phi) is 11.7. The van der Waals surface area contributed by atoms with Crippen LogP contribution in [0.15, 0.2) is 11.5 Å². The number of esters is 5. The van der Waals surface area contributed by atoms with E-state index in [1.807, 2.05) is 0 Å². The number of ether oxygens (including phenoxy) is 7. The first-order valence-electron chi connectivity index (χ1n) is 10.9. The first kappa shape index (κ1) is 30.2. The third kappa shape index (κ3) is 8.74. The lowest BCUT2D eigenvalue weighted by molar-refractivity contribution is -0.195. The van der Waals surface area contributed by atoms with E-state index < -0.39 is 78.6 Å². The van der Waals surface area contributed by atoms with Gasteiger partial charge in [0.2, 0.25) is 11.7 Å². The van der Waals surface area contributed by atoms with Crippen LogP contribution in [0.4, 0.5) is 0 Å². The van der Waals surface area contributed by atoms with Crippen molar-refractivity contribution in [2.75, 3.05) is 20.3 Å². The maximum atomic E-state index is 12.6. The molecule has 0 saturated heterocycles. The van der Waals surface area contributed by atoms with Crippen LogP contribution < -0.4 is 5.32 Å². The van der Waals surface area contributed by atoms with E-state index in [0.29, 0.717) is 0 Å². The van der Waals surface area contributed by atoms with E-state index >= 15 is 0 Å². The number of carbonyl (C=O) groups is 6. The first-order valence-corrected chi connectivity index (χ1v) is 10.9. The van der Waals surface area contributed by atoms with Crippen LogP contribution in [0, 0.1) is 0 Å². The molecule has 0 fully saturated rings. The van der Waals surface area contributed by atoms with E-state index in [2.05, 4.69) is 5.32 Å². The molecule has 0 aliphatic carbocycles. The number of methoxy groups -OCH3 is 1. The molecule has 1 amide bonds. The fraction of sp³-hybridized carbons (Fsp3) is 0.636. The fourth-order valence-corrected chi connectivity index (χ4v) is 3.40. The lowest BCUT2D eigenvalue weighted by Crippen LogP contribution is -2.63. The molecular weight excluding hydrogens is 486 g/mol. The number of hydrogen-bond donors (Lipinski definition) is 1. The smallest absolute Gasteiger partial charge is 0.377 e. The highest BCUT2D eigenvalue weighted by molar-refractivity contribution is 5.87. The highest BCUT2D eigenvalue weighted by atomic mass is 16.6. The van der Waals surface area contributed by atoms with Crippen molar-refractivity contribution in [3.63, 3.8) is 0 Å². The molecule has 0 spiro atoms. The summed E-state index contributed by atoms with van der Waals surface area (Å²) in [4.78, 5) is 71.9. The molecule has 1 aliphatic rings. The summed E-state index contributed by atoms with van der Waals surface area (Å²) in [5.74, 6) is -5.69. The second-order valence-corrected chi connectivity index (χ2v) is 7.48. The number of amides is 1. The van der Waals surface area contributed by atoms with Gasteiger partial charge in [-0.1, -0.05) is 0 Å². The third-order valence-corrected chi connectivity index (χ3v) is 4.51. The van der Waals surface area contributed by atoms with Crippen LogP contribution in [-0.2, 0) is 61.9 Å². The zero-order valence-corrected chi connectivity index (χ0v) is 21.1. The van der Waals surface area contributed by atoms with Gasteiger partial charge in [-0.3, -0.25) is 24.0 Å². The van der Waals surface area contributed by atoms with E-state index in [4.69, 9.17) is 33.2 Å². The molecule has 0 radical (unpaired) electrons. The van der Waals surface area contributed by atoms with Crippen LogP contribution in [0.25, 0.3) is 0 Å². The standard InChI is InChI=1S/C22H31NO13/c1-8-31-20-19(35-14(6)28)16(23-10(2)24)18(36-21(20)22(29)30-7)17(34-13(5)27)15(33-12(4)26)9-32-11(3)25/h15-19H,8-9H2,1-7H3,(H,23,24)/t15-,16+,17-,18-,19-/m1/s1. The Bertz CT molecular complexity index is 896. The number of carbonyl (C=O) groups excluding carboxylic acids is 6. The Morgan fingerprint density at radius 3 is 1.97 bits per heavy atom. The van der Waals surface area contributed by atoms with Crippen LogP contribution in [0.5, 0.6) is 0 Å². The minimum Gasteiger partial charge on any atom is -0.490 e. The van der Waals surface area contributed by atoms with Crippen LogP contribution in [0.1, 0.15) is 41.5 Å². The summed E-state index contributed by atoms with van der Waals surface area (Å²) in [6.07, 6.45) is -6.02. The van der Waals surface area contributed by atoms with Crippen molar-refractivity contribution in [3.05, 3.63) is 11.5 Å². The molecular formula is C22H31NO13. The van der Waals surface area contributed by atoms with Gasteiger partial charge in [-0.15, -0.1) is 0 Å². The fourth-order valence-electron chi connectivity index (χ4n) is 3.40. The van der Waals surface area contributed by atoms with Gasteiger partial charge in [0.25, 0.3) is 0 Å². The van der Waals surface area contributed by atoms with E-state index in [-0.39, 0.29) is 12.4 Å². The van der Waals surface area contributed by atoms with Gasteiger partial charge in [-0.2, -0.15) is 0 Å². The number of rotatable bonds is 11. The van der Waals surface area contributed by atoms with Gasteiger partial charge in [0, 0.05) is 34.6 Å². The molecule has 36 heavy (non-hydrogen) atoms. The van der Waals surface area contributed by atoms with Crippen molar-refractivity contribution >= 4 is 35.8 Å². The van der Waals surface area contributed by atoms with E-state index in [1.165, 1.54) is 0 Å². The van der Waals surface area contributed by atoms with Crippen molar-refractivity contribution in [2.24, 2.45) is 0 Å². The van der Waals surface area contributed by atoms with Crippen LogP contribution >= 0.6 is 0 Å². The zero-order valence-electron chi connectivity index (χ0n) is 21.1. The number of nitrogens with one attached hydrogen (secondary N) is 1. The summed E-state index contributed by atoms with van der Waals surface area (Å²) < 4.78 is 37.0. The molecule has 14 heteroatoms. The SMILES string of the molecule is CCOC1=C(C(=O)OC)O[C@@H]([C@H](OC(C)=O)[C@@H](COC(C)=O)OC(C)=O)[C@H](NC(C)=O)[C@H]1OC(C)=O. The highest BCUT2D eigenvalue weighted by Crippen LogP contribution is 2.33. The summed E-state index contributed by atoms with van der Waals surface area (Å²) in [5.41, 5.74) is 0. The highest BCUT2D eigenvalue weighted by Gasteiger charge is 2.52. The van der Waals surface area contributed by atoms with Crippen molar-refractivity contribution in [1.82, 2.24) is 5.32 Å². The molecule has 0 aromatic heterocycles. The second kappa shape index (κ2) is 13.9. The summed E-state index contributed by atoms with van der Waals surface area (Å²) in [6.45, 7) is 6.47. The zero-order chi connectivity index (χ0) is 27.6. The predicted octanol–water partition coefficient (Wildman–Crippen LogP) is -0.331. The summed E-state index contributed by atoms with van der Waals surface area (Å²) in [6, 6.07) is -1.33. The second-order valence-electron chi connectivity index (χ2n) is 7.48. The monoisotopic (exact) mass is 517 g/mol. The molecule has 1 aliphatic heterocycles. The van der Waals surface area contributed by atoms with Crippen LogP contribution in [-0.4, -0.2) is 86.5 Å². The quantitative estimate of drug-likeness (QED) is 0.278. The maximum absolute atomic E-state index is 12.6. The Morgan fingerprint density at radius 1 is 0.917 bits per heavy atom. The summed E-state index contributed by atoms with van der Waals surface area (Å²) >= 11 is 0. The molecule has 1 N–H and O–H groups in total. The van der Waals surface area contributed by atoms with Gasteiger partial charge in [0.15, 0.2) is 30.2 Å². The molecule has 0 aromatic rings. The Hall–Kier alpha value is -3.84. The van der Waals surface area contributed by atoms with Gasteiger partial charge in [0.05, 0.1) is 13.7 Å².